The van der Waals surface area contributed by atoms with Crippen molar-refractivity contribution in [3.8, 4) is 11.5 Å². The van der Waals surface area contributed by atoms with Crippen LogP contribution in [0.25, 0.3) is 6.08 Å². The molecule has 0 unspecified atom stereocenters. The molecule has 6 nitrogen and oxygen atoms in total. The van der Waals surface area contributed by atoms with Gasteiger partial charge in [-0.15, -0.1) is 0 Å². The fourth-order valence-corrected chi connectivity index (χ4v) is 5.11. The molecule has 1 saturated heterocycles. The van der Waals surface area contributed by atoms with E-state index in [-0.39, 0.29) is 36.1 Å². The van der Waals surface area contributed by atoms with Gasteiger partial charge in [-0.2, -0.15) is 0 Å². The van der Waals surface area contributed by atoms with Crippen molar-refractivity contribution >= 4 is 73.8 Å². The molecule has 1 aliphatic rings. The first-order chi connectivity index (χ1) is 15.7. The molecule has 0 aliphatic carbocycles. The maximum absolute atomic E-state index is 14.1. The molecule has 1 N–H and O–H groups in total. The number of carbonyl (C=O) groups excluding carboxylic acids is 1. The Bertz CT molecular complexity index is 1120. The van der Waals surface area contributed by atoms with Crippen LogP contribution in [0.5, 0.6) is 11.5 Å². The molecule has 3 rings (SSSR count). The molecular formula is C22H18BrClFNO5S2. The van der Waals surface area contributed by atoms with Crippen molar-refractivity contribution in [2.24, 2.45) is 0 Å². The number of carboxylic acids is 1. The number of nitrogens with zero attached hydrogens (tertiary/aromatic N) is 1. The minimum atomic E-state index is -0.924. The van der Waals surface area contributed by atoms with Crippen LogP contribution in [-0.2, 0) is 16.2 Å². The zero-order chi connectivity index (χ0) is 24.1. The molecule has 0 aromatic heterocycles. The third-order valence-electron chi connectivity index (χ3n) is 4.62. The molecule has 174 valence electrons. The average Bonchev–Trinajstić information content (AvgIpc) is 3.01. The van der Waals surface area contributed by atoms with E-state index in [2.05, 4.69) is 15.9 Å². The lowest BCUT2D eigenvalue weighted by Crippen LogP contribution is -2.29. The van der Waals surface area contributed by atoms with Gasteiger partial charge in [-0.1, -0.05) is 41.6 Å². The summed E-state index contributed by atoms with van der Waals surface area (Å²) in [4.78, 5) is 25.2. The third-order valence-corrected chi connectivity index (χ3v) is 6.94. The van der Waals surface area contributed by atoms with E-state index >= 15 is 0 Å². The van der Waals surface area contributed by atoms with Gasteiger partial charge in [0.1, 0.15) is 16.7 Å². The lowest BCUT2D eigenvalue weighted by molar-refractivity contribution is -0.137. The van der Waals surface area contributed by atoms with Crippen LogP contribution in [0.3, 0.4) is 0 Å². The summed E-state index contributed by atoms with van der Waals surface area (Å²) in [5.41, 5.74) is 0.879. The Morgan fingerprint density at radius 1 is 1.39 bits per heavy atom. The Morgan fingerprint density at radius 2 is 2.15 bits per heavy atom. The largest absolute Gasteiger partial charge is 0.493 e. The SMILES string of the molecule is COc1cc(/C=C2/SC(=S)N(CCCC(=O)O)C2=O)cc(Br)c1OCc1c(F)cccc1Cl. The zero-order valence-electron chi connectivity index (χ0n) is 17.3. The van der Waals surface area contributed by atoms with Crippen LogP contribution < -0.4 is 9.47 Å². The number of ether oxygens (including phenoxy) is 2. The average molecular weight is 575 g/mol. The van der Waals surface area contributed by atoms with E-state index in [1.807, 2.05) is 0 Å². The van der Waals surface area contributed by atoms with Gasteiger partial charge in [-0.3, -0.25) is 14.5 Å². The van der Waals surface area contributed by atoms with Crippen molar-refractivity contribution in [2.75, 3.05) is 13.7 Å². The minimum absolute atomic E-state index is 0.0419. The van der Waals surface area contributed by atoms with Crippen LogP contribution in [0, 0.1) is 5.82 Å². The Kier molecular flexibility index (Phi) is 8.75. The summed E-state index contributed by atoms with van der Waals surface area (Å²) in [6, 6.07) is 7.81. The predicted molar refractivity (Wildman–Crippen MR) is 133 cm³/mol. The molecule has 1 heterocycles. The first-order valence-corrected chi connectivity index (χ1v) is 12.0. The van der Waals surface area contributed by atoms with E-state index in [0.29, 0.717) is 37.2 Å². The molecule has 33 heavy (non-hydrogen) atoms. The molecule has 11 heteroatoms. The second kappa shape index (κ2) is 11.3. The number of hydrogen-bond donors (Lipinski definition) is 1. The number of carboxylic acid groups (broad SMARTS) is 1. The highest BCUT2D eigenvalue weighted by Crippen LogP contribution is 2.40. The van der Waals surface area contributed by atoms with Gasteiger partial charge < -0.3 is 14.6 Å². The van der Waals surface area contributed by atoms with Gasteiger partial charge in [0.15, 0.2) is 11.5 Å². The quantitative estimate of drug-likeness (QED) is 0.295. The number of aliphatic carboxylic acids is 1. The second-order valence-electron chi connectivity index (χ2n) is 6.85. The van der Waals surface area contributed by atoms with E-state index < -0.39 is 11.8 Å². The molecule has 2 aromatic rings. The molecule has 1 amide bonds. The molecule has 0 atom stereocenters. The molecule has 0 saturated carbocycles. The zero-order valence-corrected chi connectivity index (χ0v) is 21.2. The Balaban J connectivity index is 1.79. The van der Waals surface area contributed by atoms with Crippen LogP contribution >= 0.6 is 51.5 Å². The number of thiocarbonyl (C=S) groups is 1. The summed E-state index contributed by atoms with van der Waals surface area (Å²) < 4.78 is 26.2. The summed E-state index contributed by atoms with van der Waals surface area (Å²) in [7, 11) is 1.47. The van der Waals surface area contributed by atoms with Crippen molar-refractivity contribution in [1.82, 2.24) is 4.90 Å². The smallest absolute Gasteiger partial charge is 0.303 e. The summed E-state index contributed by atoms with van der Waals surface area (Å²) in [5.74, 6) is -0.942. The van der Waals surface area contributed by atoms with Crippen molar-refractivity contribution < 1.29 is 28.6 Å². The highest BCUT2D eigenvalue weighted by atomic mass is 79.9. The van der Waals surface area contributed by atoms with E-state index in [9.17, 15) is 14.0 Å². The van der Waals surface area contributed by atoms with Crippen LogP contribution in [0.1, 0.15) is 24.0 Å². The summed E-state index contributed by atoms with van der Waals surface area (Å²) in [6.07, 6.45) is 1.94. The number of hydrogen-bond acceptors (Lipinski definition) is 6. The number of methoxy groups -OCH3 is 1. The van der Waals surface area contributed by atoms with E-state index in [1.165, 1.54) is 24.1 Å². The number of thioether (sulfide) groups is 1. The van der Waals surface area contributed by atoms with Gasteiger partial charge in [-0.05, 0) is 58.3 Å². The fraction of sp³-hybridized carbons (Fsp3) is 0.227. The summed E-state index contributed by atoms with van der Waals surface area (Å²) >= 11 is 15.9. The van der Waals surface area contributed by atoms with Crippen LogP contribution in [0.15, 0.2) is 39.7 Å². The maximum Gasteiger partial charge on any atom is 0.303 e. The van der Waals surface area contributed by atoms with Crippen molar-refractivity contribution in [3.05, 3.63) is 61.7 Å². The Labute approximate surface area is 212 Å². The minimum Gasteiger partial charge on any atom is -0.493 e. The first-order valence-electron chi connectivity index (χ1n) is 9.61. The van der Waals surface area contributed by atoms with Gasteiger partial charge in [0.25, 0.3) is 5.91 Å². The molecular weight excluding hydrogens is 557 g/mol. The molecule has 0 radical (unpaired) electrons. The fourth-order valence-electron chi connectivity index (χ4n) is 3.01. The van der Waals surface area contributed by atoms with Gasteiger partial charge in [-0.25, -0.2) is 4.39 Å². The molecule has 0 bridgehead atoms. The van der Waals surface area contributed by atoms with E-state index in [1.54, 1.807) is 24.3 Å². The number of rotatable bonds is 9. The number of amides is 1. The Morgan fingerprint density at radius 3 is 2.82 bits per heavy atom. The van der Waals surface area contributed by atoms with E-state index in [4.69, 9.17) is 38.4 Å². The van der Waals surface area contributed by atoms with Gasteiger partial charge in [0.05, 0.1) is 21.5 Å². The van der Waals surface area contributed by atoms with Crippen LogP contribution in [-0.4, -0.2) is 39.9 Å². The second-order valence-corrected chi connectivity index (χ2v) is 9.79. The highest BCUT2D eigenvalue weighted by Gasteiger charge is 2.31. The summed E-state index contributed by atoms with van der Waals surface area (Å²) in [5, 5.41) is 9.05. The number of halogens is 3. The Hall–Kier alpha value is -2.14. The highest BCUT2D eigenvalue weighted by molar-refractivity contribution is 9.10. The van der Waals surface area contributed by atoms with Gasteiger partial charge in [0.2, 0.25) is 0 Å². The lowest BCUT2D eigenvalue weighted by Gasteiger charge is -2.15. The standard InChI is InChI=1S/C22H18BrClFNO5S2/c1-30-17-9-12(10-18-21(29)26(22(32)33-18)7-3-6-19(27)28)8-14(23)20(17)31-11-13-15(24)4-2-5-16(13)25/h2,4-5,8-10H,3,6-7,11H2,1H3,(H,27,28)/b18-10+. The monoisotopic (exact) mass is 573 g/mol. The first kappa shape index (κ1) is 25.5. The van der Waals surface area contributed by atoms with E-state index in [0.717, 1.165) is 11.8 Å². The van der Waals surface area contributed by atoms with Crippen LogP contribution in [0.2, 0.25) is 5.02 Å². The third kappa shape index (κ3) is 6.26. The molecule has 0 spiro atoms. The molecule has 2 aromatic carbocycles. The van der Waals surface area contributed by atoms with Crippen molar-refractivity contribution in [3.63, 3.8) is 0 Å². The summed E-state index contributed by atoms with van der Waals surface area (Å²) in [6.45, 7) is 0.140. The normalized spacial score (nSPS) is 14.8. The maximum atomic E-state index is 14.1. The molecule has 1 aliphatic heterocycles. The lowest BCUT2D eigenvalue weighted by atomic mass is 10.1. The number of carbonyl (C=O) groups is 2. The molecule has 1 fully saturated rings. The van der Waals surface area contributed by atoms with Crippen molar-refractivity contribution in [1.29, 1.82) is 0 Å². The van der Waals surface area contributed by atoms with Crippen LogP contribution in [0.4, 0.5) is 4.39 Å². The van der Waals surface area contributed by atoms with Gasteiger partial charge >= 0.3 is 5.97 Å². The van der Waals surface area contributed by atoms with Crippen molar-refractivity contribution in [2.45, 2.75) is 19.4 Å². The number of benzene rings is 2. The topological polar surface area (TPSA) is 76.1 Å². The van der Waals surface area contributed by atoms with Gasteiger partial charge in [0, 0.05) is 18.5 Å². The predicted octanol–water partition coefficient (Wildman–Crippen LogP) is 5.90.